The summed E-state index contributed by atoms with van der Waals surface area (Å²) in [4.78, 5) is 2.52. The van der Waals surface area contributed by atoms with Crippen molar-refractivity contribution in [3.63, 3.8) is 0 Å². The predicted octanol–water partition coefficient (Wildman–Crippen LogP) is 0.690. The molecular weight excluding hydrogens is 136 g/mol. The summed E-state index contributed by atoms with van der Waals surface area (Å²) in [5, 5.41) is 3.51. The molecule has 0 saturated carbocycles. The summed E-state index contributed by atoms with van der Waals surface area (Å²) >= 11 is 0. The molecule has 0 radical (unpaired) electrons. The minimum Gasteiger partial charge on any atom is -0.315 e. The molecule has 2 aliphatic rings. The van der Waals surface area contributed by atoms with E-state index in [-0.39, 0.29) is 0 Å². The topological polar surface area (TPSA) is 15.3 Å². The average molecular weight is 154 g/mol. The quantitative estimate of drug-likeness (QED) is 0.552. The molecule has 2 heteroatoms. The van der Waals surface area contributed by atoms with E-state index in [1.807, 2.05) is 0 Å². The van der Waals surface area contributed by atoms with Gasteiger partial charge in [-0.15, -0.1) is 0 Å². The van der Waals surface area contributed by atoms with Crippen LogP contribution in [0.4, 0.5) is 0 Å². The van der Waals surface area contributed by atoms with Crippen molar-refractivity contribution in [3.8, 4) is 0 Å². The highest BCUT2D eigenvalue weighted by Gasteiger charge is 2.31. The zero-order chi connectivity index (χ0) is 7.68. The minimum absolute atomic E-state index is 0.845. The van der Waals surface area contributed by atoms with Gasteiger partial charge in [-0.05, 0) is 45.3 Å². The van der Waals surface area contributed by atoms with Crippen LogP contribution in [0.3, 0.4) is 0 Å². The molecule has 0 bridgehead atoms. The summed E-state index contributed by atoms with van der Waals surface area (Å²) in [6.45, 7) is 3.78. The number of likely N-dealkylation sites (N-methyl/N-ethyl adjacent to an activating group) is 1. The maximum absolute atomic E-state index is 3.51. The first-order chi connectivity index (χ1) is 5.38. The Labute approximate surface area is 69.0 Å². The van der Waals surface area contributed by atoms with Crippen LogP contribution in [0.5, 0.6) is 0 Å². The highest BCUT2D eigenvalue weighted by molar-refractivity contribution is 4.88. The first kappa shape index (κ1) is 7.56. The predicted molar refractivity (Wildman–Crippen MR) is 46.6 cm³/mol. The summed E-state index contributed by atoms with van der Waals surface area (Å²) in [5.41, 5.74) is 0. The Morgan fingerprint density at radius 2 is 2.27 bits per heavy atom. The van der Waals surface area contributed by atoms with Gasteiger partial charge in [-0.1, -0.05) is 0 Å². The lowest BCUT2D eigenvalue weighted by Crippen LogP contribution is -2.37. The zero-order valence-electron chi connectivity index (χ0n) is 7.34. The first-order valence-corrected chi connectivity index (χ1v) is 4.79. The van der Waals surface area contributed by atoms with E-state index in [9.17, 15) is 0 Å². The Bertz CT molecular complexity index is 136. The summed E-state index contributed by atoms with van der Waals surface area (Å²) in [5.74, 6) is 0.995. The fourth-order valence-corrected chi connectivity index (χ4v) is 2.49. The van der Waals surface area contributed by atoms with Crippen LogP contribution in [0.2, 0.25) is 0 Å². The van der Waals surface area contributed by atoms with E-state index < -0.39 is 0 Å². The lowest BCUT2D eigenvalue weighted by atomic mass is 9.96. The first-order valence-electron chi connectivity index (χ1n) is 4.79. The minimum atomic E-state index is 0.845. The van der Waals surface area contributed by atoms with Crippen molar-refractivity contribution < 1.29 is 0 Å². The van der Waals surface area contributed by atoms with Crippen molar-refractivity contribution in [2.75, 3.05) is 26.7 Å². The molecule has 2 atom stereocenters. The molecule has 2 heterocycles. The van der Waals surface area contributed by atoms with E-state index in [0.717, 1.165) is 12.0 Å². The molecule has 0 amide bonds. The monoisotopic (exact) mass is 154 g/mol. The van der Waals surface area contributed by atoms with Crippen LogP contribution < -0.4 is 5.32 Å². The second kappa shape index (κ2) is 3.11. The number of likely N-dealkylation sites (tertiary alicyclic amines) is 1. The Kier molecular flexibility index (Phi) is 2.14. The second-order valence-electron chi connectivity index (χ2n) is 3.94. The standard InChI is InChI=1S/C9H18N2/c1-11-6-4-8-3-2-5-10-7-9(8)11/h8-10H,2-7H2,1H3. The van der Waals surface area contributed by atoms with Gasteiger partial charge in [0.05, 0.1) is 0 Å². The fraction of sp³-hybridized carbons (Fsp3) is 1.00. The third-order valence-electron chi connectivity index (χ3n) is 3.24. The maximum atomic E-state index is 3.51. The van der Waals surface area contributed by atoms with E-state index in [2.05, 4.69) is 17.3 Å². The zero-order valence-corrected chi connectivity index (χ0v) is 7.34. The molecular formula is C9H18N2. The fourth-order valence-electron chi connectivity index (χ4n) is 2.49. The molecule has 2 aliphatic heterocycles. The van der Waals surface area contributed by atoms with Crippen LogP contribution in [0, 0.1) is 5.92 Å². The molecule has 2 rings (SSSR count). The van der Waals surface area contributed by atoms with Crippen molar-refractivity contribution in [1.82, 2.24) is 10.2 Å². The van der Waals surface area contributed by atoms with E-state index in [0.29, 0.717) is 0 Å². The summed E-state index contributed by atoms with van der Waals surface area (Å²) in [7, 11) is 2.26. The average Bonchev–Trinajstić information content (AvgIpc) is 2.25. The number of rotatable bonds is 0. The molecule has 2 unspecified atom stereocenters. The second-order valence-corrected chi connectivity index (χ2v) is 3.94. The van der Waals surface area contributed by atoms with Gasteiger partial charge in [-0.25, -0.2) is 0 Å². The molecule has 2 saturated heterocycles. The van der Waals surface area contributed by atoms with E-state index >= 15 is 0 Å². The number of fused-ring (bicyclic) bond motifs is 1. The molecule has 0 aromatic carbocycles. The van der Waals surface area contributed by atoms with Gasteiger partial charge in [0.1, 0.15) is 0 Å². The molecule has 64 valence electrons. The maximum Gasteiger partial charge on any atom is 0.0246 e. The molecule has 11 heavy (non-hydrogen) atoms. The number of hydrogen-bond acceptors (Lipinski definition) is 2. The largest absolute Gasteiger partial charge is 0.315 e. The van der Waals surface area contributed by atoms with Gasteiger partial charge in [0.2, 0.25) is 0 Å². The van der Waals surface area contributed by atoms with Crippen LogP contribution in [-0.4, -0.2) is 37.6 Å². The van der Waals surface area contributed by atoms with Crippen LogP contribution in [-0.2, 0) is 0 Å². The Morgan fingerprint density at radius 3 is 3.18 bits per heavy atom. The van der Waals surface area contributed by atoms with Gasteiger partial charge in [0.25, 0.3) is 0 Å². The number of hydrogen-bond donors (Lipinski definition) is 1. The van der Waals surface area contributed by atoms with E-state index in [4.69, 9.17) is 0 Å². The van der Waals surface area contributed by atoms with Crippen molar-refractivity contribution in [1.29, 1.82) is 0 Å². The van der Waals surface area contributed by atoms with Crippen molar-refractivity contribution in [3.05, 3.63) is 0 Å². The van der Waals surface area contributed by atoms with Gasteiger partial charge < -0.3 is 10.2 Å². The van der Waals surface area contributed by atoms with Gasteiger partial charge in [0, 0.05) is 12.6 Å². The lowest BCUT2D eigenvalue weighted by molar-refractivity contribution is 0.271. The molecule has 2 fully saturated rings. The molecule has 1 N–H and O–H groups in total. The van der Waals surface area contributed by atoms with Crippen LogP contribution in [0.1, 0.15) is 19.3 Å². The smallest absolute Gasteiger partial charge is 0.0246 e. The number of nitrogens with one attached hydrogen (secondary N) is 1. The van der Waals surface area contributed by atoms with Gasteiger partial charge in [-0.2, -0.15) is 0 Å². The molecule has 0 aromatic rings. The molecule has 0 aliphatic carbocycles. The highest BCUT2D eigenvalue weighted by Crippen LogP contribution is 2.27. The van der Waals surface area contributed by atoms with Crippen LogP contribution in [0.15, 0.2) is 0 Å². The summed E-state index contributed by atoms with van der Waals surface area (Å²) in [6, 6.07) is 0.845. The van der Waals surface area contributed by atoms with Crippen molar-refractivity contribution in [2.45, 2.75) is 25.3 Å². The highest BCUT2D eigenvalue weighted by atomic mass is 15.2. The molecule has 2 nitrogen and oxygen atoms in total. The Balaban J connectivity index is 2.00. The molecule has 0 spiro atoms. The normalized spacial score (nSPS) is 40.1. The summed E-state index contributed by atoms with van der Waals surface area (Å²) in [6.07, 6.45) is 4.26. The SMILES string of the molecule is CN1CCC2CCCNCC21. The van der Waals surface area contributed by atoms with Gasteiger partial charge in [0.15, 0.2) is 0 Å². The van der Waals surface area contributed by atoms with Crippen molar-refractivity contribution >= 4 is 0 Å². The Morgan fingerprint density at radius 1 is 1.36 bits per heavy atom. The van der Waals surface area contributed by atoms with E-state index in [1.165, 1.54) is 38.9 Å². The van der Waals surface area contributed by atoms with Crippen LogP contribution in [0.25, 0.3) is 0 Å². The molecule has 0 aromatic heterocycles. The lowest BCUT2D eigenvalue weighted by Gasteiger charge is -2.22. The summed E-state index contributed by atoms with van der Waals surface area (Å²) < 4.78 is 0. The van der Waals surface area contributed by atoms with Crippen molar-refractivity contribution in [2.24, 2.45) is 5.92 Å². The van der Waals surface area contributed by atoms with Gasteiger partial charge in [-0.3, -0.25) is 0 Å². The third kappa shape index (κ3) is 1.42. The Hall–Kier alpha value is -0.0800. The van der Waals surface area contributed by atoms with E-state index in [1.54, 1.807) is 0 Å². The van der Waals surface area contributed by atoms with Gasteiger partial charge >= 0.3 is 0 Å². The number of nitrogens with zero attached hydrogens (tertiary/aromatic N) is 1. The van der Waals surface area contributed by atoms with Crippen LogP contribution >= 0.6 is 0 Å². The third-order valence-corrected chi connectivity index (χ3v) is 3.24.